The van der Waals surface area contributed by atoms with Crippen LogP contribution in [0.25, 0.3) is 22.0 Å². The summed E-state index contributed by atoms with van der Waals surface area (Å²) in [5.74, 6) is -0.110. The number of fused-ring (bicyclic) bond motifs is 1. The zero-order valence-corrected chi connectivity index (χ0v) is 20.5. The van der Waals surface area contributed by atoms with Gasteiger partial charge in [-0.3, -0.25) is 4.79 Å². The lowest BCUT2D eigenvalue weighted by molar-refractivity contribution is -0.117. The number of carbonyl (C=O) groups excluding carboxylic acids is 1. The molecule has 1 amide bonds. The van der Waals surface area contributed by atoms with Gasteiger partial charge in [-0.15, -0.1) is 0 Å². The number of aromatic amines is 1. The first-order valence-electron chi connectivity index (χ1n) is 11.5. The van der Waals surface area contributed by atoms with Crippen molar-refractivity contribution in [1.29, 1.82) is 0 Å². The molecular formula is C25H32N4O4S. The predicted octanol–water partition coefficient (Wildman–Crippen LogP) is 2.87. The first-order chi connectivity index (χ1) is 16.3. The summed E-state index contributed by atoms with van der Waals surface area (Å²) < 4.78 is 27.1. The van der Waals surface area contributed by atoms with Crippen molar-refractivity contribution in [2.24, 2.45) is 5.73 Å². The normalized spacial score (nSPS) is 15.9. The molecule has 0 bridgehead atoms. The maximum Gasteiger partial charge on any atom is 0.221 e. The Morgan fingerprint density at radius 1 is 1.18 bits per heavy atom. The van der Waals surface area contributed by atoms with Crippen LogP contribution in [0.1, 0.15) is 29.9 Å². The average Bonchev–Trinajstić information content (AvgIpc) is 3.27. The second-order valence-electron chi connectivity index (χ2n) is 8.83. The van der Waals surface area contributed by atoms with E-state index in [1.165, 1.54) is 12.2 Å². The number of nitrogens with one attached hydrogen (secondary N) is 1. The Bertz CT molecular complexity index is 1250. The molecule has 1 aliphatic heterocycles. The van der Waals surface area contributed by atoms with Gasteiger partial charge in [0.1, 0.15) is 0 Å². The summed E-state index contributed by atoms with van der Waals surface area (Å²) in [7, 11) is -0.0913. The molecule has 3 aromatic rings. The van der Waals surface area contributed by atoms with Crippen LogP contribution in [0.3, 0.4) is 0 Å². The van der Waals surface area contributed by atoms with E-state index in [1.807, 2.05) is 42.6 Å². The summed E-state index contributed by atoms with van der Waals surface area (Å²) in [4.78, 5) is 20.1. The number of amides is 1. The van der Waals surface area contributed by atoms with Gasteiger partial charge in [-0.05, 0) is 53.1 Å². The maximum absolute atomic E-state index is 12.8. The maximum atomic E-state index is 12.8. The van der Waals surface area contributed by atoms with Gasteiger partial charge in [-0.1, -0.05) is 30.3 Å². The number of sulfonamides is 1. The van der Waals surface area contributed by atoms with Gasteiger partial charge < -0.3 is 15.6 Å². The van der Waals surface area contributed by atoms with Crippen molar-refractivity contribution < 1.29 is 18.0 Å². The summed E-state index contributed by atoms with van der Waals surface area (Å²) in [6.07, 6.45) is 3.65. The van der Waals surface area contributed by atoms with E-state index in [2.05, 4.69) is 11.1 Å². The summed E-state index contributed by atoms with van der Waals surface area (Å²) >= 11 is 0. The highest BCUT2D eigenvalue weighted by Gasteiger charge is 2.30. The van der Waals surface area contributed by atoms with Crippen LogP contribution in [0.5, 0.6) is 0 Å². The monoisotopic (exact) mass is 484 g/mol. The first-order valence-corrected chi connectivity index (χ1v) is 13.1. The molecule has 1 saturated heterocycles. The van der Waals surface area contributed by atoms with Crippen molar-refractivity contribution in [3.8, 4) is 11.1 Å². The molecule has 34 heavy (non-hydrogen) atoms. The highest BCUT2D eigenvalue weighted by atomic mass is 32.2. The third-order valence-corrected chi connectivity index (χ3v) is 8.49. The number of nitrogens with two attached hydrogens (primary N) is 1. The van der Waals surface area contributed by atoms with Crippen LogP contribution in [0.4, 0.5) is 0 Å². The van der Waals surface area contributed by atoms with Crippen LogP contribution < -0.4 is 5.73 Å². The van der Waals surface area contributed by atoms with E-state index in [1.54, 1.807) is 11.4 Å². The van der Waals surface area contributed by atoms with Crippen LogP contribution in [0.15, 0.2) is 48.7 Å². The molecule has 2 heterocycles. The minimum atomic E-state index is -3.33. The van der Waals surface area contributed by atoms with Crippen molar-refractivity contribution in [3.05, 3.63) is 59.8 Å². The number of nitrogens with zero attached hydrogens (tertiary/aromatic N) is 2. The highest BCUT2D eigenvalue weighted by molar-refractivity contribution is 7.89. The van der Waals surface area contributed by atoms with Crippen molar-refractivity contribution in [2.75, 3.05) is 39.5 Å². The largest absolute Gasteiger partial charge is 0.369 e. The molecule has 0 unspecified atom stereocenters. The minimum Gasteiger partial charge on any atom is -0.369 e. The highest BCUT2D eigenvalue weighted by Crippen LogP contribution is 2.37. The number of H-pyrrole nitrogens is 1. The van der Waals surface area contributed by atoms with Crippen molar-refractivity contribution in [3.63, 3.8) is 0 Å². The zero-order valence-electron chi connectivity index (χ0n) is 19.7. The van der Waals surface area contributed by atoms with Crippen LogP contribution in [0.2, 0.25) is 0 Å². The molecule has 2 aromatic carbocycles. The molecule has 0 spiro atoms. The Morgan fingerprint density at radius 3 is 2.53 bits per heavy atom. The summed E-state index contributed by atoms with van der Waals surface area (Å²) in [5, 5.41) is 2.59. The Balaban J connectivity index is 1.59. The molecule has 8 nitrogen and oxygen atoms in total. The standard InChI is InChI=1S/C25H32N4O4S/c1-28(33-2)12-13-34(31,32)29-10-8-19(9-11-29)23-17-27-25-21(16-24(26)30)14-20(15-22(23)25)18-6-4-3-5-7-18/h3-7,14-15,17,19,27H,8-13,16H2,1-2H3,(H2,26,30). The molecule has 9 heteroatoms. The Morgan fingerprint density at radius 2 is 1.88 bits per heavy atom. The fourth-order valence-electron chi connectivity index (χ4n) is 4.70. The molecule has 4 rings (SSSR count). The second kappa shape index (κ2) is 10.3. The topological polar surface area (TPSA) is 109 Å². The van der Waals surface area contributed by atoms with Crippen LogP contribution >= 0.6 is 0 Å². The molecule has 182 valence electrons. The lowest BCUT2D eigenvalue weighted by Gasteiger charge is -2.31. The van der Waals surface area contributed by atoms with Gasteiger partial charge in [-0.2, -0.15) is 5.06 Å². The Kier molecular flexibility index (Phi) is 7.37. The SMILES string of the molecule is CON(C)CCS(=O)(=O)N1CCC(c2c[nH]c3c(CC(N)=O)cc(-c4ccccc4)cc23)CC1. The quantitative estimate of drug-likeness (QED) is 0.454. The summed E-state index contributed by atoms with van der Waals surface area (Å²) in [6, 6.07) is 14.2. The molecule has 0 atom stereocenters. The van der Waals surface area contributed by atoms with E-state index in [-0.39, 0.29) is 24.0 Å². The Labute approximate surface area is 200 Å². The van der Waals surface area contributed by atoms with Gasteiger partial charge in [-0.25, -0.2) is 12.7 Å². The van der Waals surface area contributed by atoms with Gasteiger partial charge in [0.25, 0.3) is 0 Å². The van der Waals surface area contributed by atoms with E-state index in [0.717, 1.165) is 46.0 Å². The minimum absolute atomic E-state index is 0.0337. The number of benzene rings is 2. The molecule has 1 fully saturated rings. The molecule has 1 aromatic heterocycles. The zero-order chi connectivity index (χ0) is 24.3. The predicted molar refractivity (Wildman–Crippen MR) is 134 cm³/mol. The molecule has 0 aliphatic carbocycles. The van der Waals surface area contributed by atoms with Crippen molar-refractivity contribution in [2.45, 2.75) is 25.2 Å². The number of piperidine rings is 1. The molecule has 0 radical (unpaired) electrons. The van der Waals surface area contributed by atoms with Crippen molar-refractivity contribution >= 4 is 26.8 Å². The van der Waals surface area contributed by atoms with Gasteiger partial charge in [0, 0.05) is 43.8 Å². The van der Waals surface area contributed by atoms with Gasteiger partial charge in [0.05, 0.1) is 19.3 Å². The third kappa shape index (κ3) is 5.33. The molecular weight excluding hydrogens is 452 g/mol. The number of hydrogen-bond acceptors (Lipinski definition) is 5. The van der Waals surface area contributed by atoms with Crippen LogP contribution in [0, 0.1) is 0 Å². The number of hydrogen-bond donors (Lipinski definition) is 2. The van der Waals surface area contributed by atoms with E-state index in [0.29, 0.717) is 19.6 Å². The smallest absolute Gasteiger partial charge is 0.221 e. The number of aromatic nitrogens is 1. The first kappa shape index (κ1) is 24.4. The number of carbonyl (C=O) groups is 1. The lowest BCUT2D eigenvalue weighted by Crippen LogP contribution is -2.41. The van der Waals surface area contributed by atoms with Gasteiger partial charge in [0.15, 0.2) is 0 Å². The molecule has 0 saturated carbocycles. The summed E-state index contributed by atoms with van der Waals surface area (Å²) in [6.45, 7) is 1.30. The van der Waals surface area contributed by atoms with Gasteiger partial charge in [0.2, 0.25) is 15.9 Å². The fraction of sp³-hybridized carbons (Fsp3) is 0.400. The lowest BCUT2D eigenvalue weighted by atomic mass is 9.88. The number of rotatable bonds is 9. The Hall–Kier alpha value is -2.72. The van der Waals surface area contributed by atoms with E-state index in [4.69, 9.17) is 10.6 Å². The van der Waals surface area contributed by atoms with E-state index >= 15 is 0 Å². The third-order valence-electron chi connectivity index (χ3n) is 6.64. The number of hydroxylamine groups is 2. The molecule has 3 N–H and O–H groups in total. The van der Waals surface area contributed by atoms with Crippen LogP contribution in [-0.4, -0.2) is 68.2 Å². The second-order valence-corrected chi connectivity index (χ2v) is 10.9. The van der Waals surface area contributed by atoms with E-state index < -0.39 is 10.0 Å². The van der Waals surface area contributed by atoms with Gasteiger partial charge >= 0.3 is 0 Å². The van der Waals surface area contributed by atoms with Crippen molar-refractivity contribution in [1.82, 2.24) is 14.4 Å². The summed E-state index contributed by atoms with van der Waals surface area (Å²) in [5.41, 5.74) is 10.6. The molecule has 1 aliphatic rings. The fourth-order valence-corrected chi connectivity index (χ4v) is 6.21. The van der Waals surface area contributed by atoms with Crippen LogP contribution in [-0.2, 0) is 26.1 Å². The number of primary amides is 1. The average molecular weight is 485 g/mol. The van der Waals surface area contributed by atoms with E-state index in [9.17, 15) is 13.2 Å².